The van der Waals surface area contributed by atoms with Gasteiger partial charge >= 0.3 is 0 Å². The molecule has 0 spiro atoms. The fourth-order valence-electron chi connectivity index (χ4n) is 3.90. The molecule has 1 aromatic carbocycles. The summed E-state index contributed by atoms with van der Waals surface area (Å²) >= 11 is 0. The van der Waals surface area contributed by atoms with Gasteiger partial charge in [0.25, 0.3) is 0 Å². The van der Waals surface area contributed by atoms with Crippen LogP contribution < -0.4 is 0 Å². The van der Waals surface area contributed by atoms with E-state index in [1.54, 1.807) is 18.2 Å². The highest BCUT2D eigenvalue weighted by Gasteiger charge is 2.40. The Morgan fingerprint density at radius 3 is 2.65 bits per heavy atom. The normalized spacial score (nSPS) is 19.6. The van der Waals surface area contributed by atoms with E-state index < -0.39 is 8.32 Å². The Hall–Kier alpha value is -2.65. The van der Waals surface area contributed by atoms with Crippen LogP contribution in [-0.2, 0) is 4.43 Å². The van der Waals surface area contributed by atoms with Crippen molar-refractivity contribution in [2.24, 2.45) is 5.92 Å². The lowest BCUT2D eigenvalue weighted by atomic mass is 9.72. The third-order valence-electron chi connectivity index (χ3n) is 7.05. The number of Topliss-reactive ketones (excluding diaryl/α,β-unsaturated/α-hetero) is 1. The Bertz CT molecular complexity index is 1160. The number of ketones is 1. The van der Waals surface area contributed by atoms with Gasteiger partial charge in [0.1, 0.15) is 17.6 Å². The first-order chi connectivity index (χ1) is 15.9. The third-order valence-corrected chi connectivity index (χ3v) is 11.6. The fraction of sp³-hybridized carbons (Fsp3) is 0.520. The molecule has 1 fully saturated rings. The summed E-state index contributed by atoms with van der Waals surface area (Å²) in [4.78, 5) is 12.6. The van der Waals surface area contributed by atoms with Crippen molar-refractivity contribution in [2.75, 3.05) is 0 Å². The van der Waals surface area contributed by atoms with E-state index in [2.05, 4.69) is 49.2 Å². The molecule has 1 saturated carbocycles. The number of carbonyl (C=O) groups is 1. The Kier molecular flexibility index (Phi) is 6.61. The van der Waals surface area contributed by atoms with Crippen molar-refractivity contribution in [1.82, 2.24) is 15.4 Å². The summed E-state index contributed by atoms with van der Waals surface area (Å²) in [6.07, 6.45) is 1.73. The molecule has 0 amide bonds. The van der Waals surface area contributed by atoms with Crippen LogP contribution in [0.5, 0.6) is 0 Å². The molecule has 3 aromatic rings. The predicted molar refractivity (Wildman–Crippen MR) is 127 cm³/mol. The highest BCUT2D eigenvalue weighted by molar-refractivity contribution is 6.74. The monoisotopic (exact) mass is 485 g/mol. The van der Waals surface area contributed by atoms with E-state index in [1.807, 2.05) is 6.92 Å². The van der Waals surface area contributed by atoms with Crippen LogP contribution in [0.1, 0.15) is 81.2 Å². The van der Waals surface area contributed by atoms with Gasteiger partial charge in [-0.2, -0.15) is 0 Å². The summed E-state index contributed by atoms with van der Waals surface area (Å²) in [6, 6.07) is 7.58. The fourth-order valence-corrected chi connectivity index (χ4v) is 5.24. The molecular formula is C25H32FN3O4Si. The number of benzene rings is 1. The minimum Gasteiger partial charge on any atom is -0.422 e. The zero-order valence-electron chi connectivity index (χ0n) is 20.6. The van der Waals surface area contributed by atoms with Crippen LogP contribution in [-0.4, -0.2) is 29.5 Å². The number of aromatic nitrogens is 3. The molecule has 9 heteroatoms. The van der Waals surface area contributed by atoms with E-state index in [0.29, 0.717) is 29.5 Å². The highest BCUT2D eigenvalue weighted by Crippen LogP contribution is 2.44. The quantitative estimate of drug-likeness (QED) is 0.258. The average molecular weight is 486 g/mol. The SMILES string of the molecule is C[C@@H](O[Si](C)(C)C(C)(C)C)c1nnc(C2CC(CC(=O)c3cc(-c4cccc(F)c4)on3)C2)o1. The van der Waals surface area contributed by atoms with E-state index in [1.165, 1.54) is 12.1 Å². The second kappa shape index (κ2) is 9.18. The third kappa shape index (κ3) is 5.20. The van der Waals surface area contributed by atoms with Crippen molar-refractivity contribution < 1.29 is 22.6 Å². The van der Waals surface area contributed by atoms with Crippen LogP contribution in [0.15, 0.2) is 39.3 Å². The van der Waals surface area contributed by atoms with Gasteiger partial charge in [-0.05, 0) is 55.9 Å². The largest absolute Gasteiger partial charge is 0.422 e. The lowest BCUT2D eigenvalue weighted by Gasteiger charge is -2.37. The molecule has 0 N–H and O–H groups in total. The molecular weight excluding hydrogens is 453 g/mol. The molecule has 0 radical (unpaired) electrons. The molecule has 2 heterocycles. The maximum atomic E-state index is 13.4. The van der Waals surface area contributed by atoms with Gasteiger partial charge in [-0.3, -0.25) is 4.79 Å². The highest BCUT2D eigenvalue weighted by atomic mass is 28.4. The maximum absolute atomic E-state index is 13.4. The first-order valence-corrected chi connectivity index (χ1v) is 14.6. The molecule has 2 aromatic heterocycles. The van der Waals surface area contributed by atoms with Crippen LogP contribution >= 0.6 is 0 Å². The van der Waals surface area contributed by atoms with Gasteiger partial charge in [0.15, 0.2) is 19.9 Å². The molecule has 0 saturated heterocycles. The Morgan fingerprint density at radius 2 is 1.97 bits per heavy atom. The first-order valence-electron chi connectivity index (χ1n) is 11.7. The molecule has 0 bridgehead atoms. The number of rotatable bonds is 8. The van der Waals surface area contributed by atoms with E-state index in [9.17, 15) is 9.18 Å². The Labute approximate surface area is 200 Å². The molecule has 4 rings (SSSR count). The van der Waals surface area contributed by atoms with Crippen molar-refractivity contribution in [3.8, 4) is 11.3 Å². The zero-order chi connectivity index (χ0) is 24.7. The molecule has 7 nitrogen and oxygen atoms in total. The first kappa shape index (κ1) is 24.5. The van der Waals surface area contributed by atoms with E-state index in [4.69, 9.17) is 13.4 Å². The van der Waals surface area contributed by atoms with Crippen molar-refractivity contribution in [2.45, 2.75) is 77.1 Å². The van der Waals surface area contributed by atoms with Crippen LogP contribution in [0.4, 0.5) is 4.39 Å². The summed E-state index contributed by atoms with van der Waals surface area (Å²) < 4.78 is 31.0. The molecule has 34 heavy (non-hydrogen) atoms. The van der Waals surface area contributed by atoms with E-state index in [-0.39, 0.29) is 40.3 Å². The summed E-state index contributed by atoms with van der Waals surface area (Å²) in [5.74, 6) is 1.42. The predicted octanol–water partition coefficient (Wildman–Crippen LogP) is 6.71. The minimum absolute atomic E-state index is 0.0857. The van der Waals surface area contributed by atoms with Crippen molar-refractivity contribution in [3.63, 3.8) is 0 Å². The molecule has 1 atom stereocenters. The second-order valence-electron chi connectivity index (χ2n) is 10.7. The van der Waals surface area contributed by atoms with Crippen molar-refractivity contribution >= 4 is 14.1 Å². The van der Waals surface area contributed by atoms with Gasteiger partial charge in [-0.15, -0.1) is 10.2 Å². The van der Waals surface area contributed by atoms with Gasteiger partial charge in [0.05, 0.1) is 0 Å². The number of nitrogens with zero attached hydrogens (tertiary/aromatic N) is 3. The Morgan fingerprint density at radius 1 is 1.24 bits per heavy atom. The van der Waals surface area contributed by atoms with Crippen LogP contribution in [0.2, 0.25) is 18.1 Å². The van der Waals surface area contributed by atoms with Crippen LogP contribution in [0, 0.1) is 11.7 Å². The zero-order valence-corrected chi connectivity index (χ0v) is 21.6. The lowest BCUT2D eigenvalue weighted by molar-refractivity contribution is 0.0906. The molecule has 182 valence electrons. The number of hydrogen-bond donors (Lipinski definition) is 0. The Balaban J connectivity index is 1.30. The van der Waals surface area contributed by atoms with Crippen molar-refractivity contribution in [1.29, 1.82) is 0 Å². The van der Waals surface area contributed by atoms with Gasteiger partial charge in [-0.25, -0.2) is 4.39 Å². The smallest absolute Gasteiger partial charge is 0.243 e. The summed E-state index contributed by atoms with van der Waals surface area (Å²) in [5.41, 5.74) is 0.814. The average Bonchev–Trinajstić information content (AvgIpc) is 3.39. The molecule has 0 aliphatic heterocycles. The van der Waals surface area contributed by atoms with Gasteiger partial charge in [0.2, 0.25) is 11.8 Å². The maximum Gasteiger partial charge on any atom is 0.243 e. The minimum atomic E-state index is -1.94. The molecule has 1 aliphatic rings. The molecule has 1 aliphatic carbocycles. The van der Waals surface area contributed by atoms with E-state index >= 15 is 0 Å². The topological polar surface area (TPSA) is 91.2 Å². The number of carbonyl (C=O) groups excluding carboxylic acids is 1. The standard InChI is InChI=1S/C25H32FN3O4Si/c1-15(33-34(5,6)25(2,3)4)23-27-28-24(31-23)18-10-16(11-18)12-21(30)20-14-22(32-29-20)17-8-7-9-19(26)13-17/h7-9,13-16,18H,10-12H2,1-6H3/t15-,16?,18?/m1/s1. The van der Waals surface area contributed by atoms with E-state index in [0.717, 1.165) is 12.8 Å². The number of halogens is 1. The van der Waals surface area contributed by atoms with Gasteiger partial charge in [-0.1, -0.05) is 38.1 Å². The molecule has 0 unspecified atom stereocenters. The summed E-state index contributed by atoms with van der Waals surface area (Å²) in [5, 5.41) is 12.4. The number of hydrogen-bond acceptors (Lipinski definition) is 7. The van der Waals surface area contributed by atoms with Crippen LogP contribution in [0.25, 0.3) is 11.3 Å². The van der Waals surface area contributed by atoms with Crippen molar-refractivity contribution in [3.05, 3.63) is 53.6 Å². The van der Waals surface area contributed by atoms with Gasteiger partial charge < -0.3 is 13.4 Å². The van der Waals surface area contributed by atoms with Crippen LogP contribution in [0.3, 0.4) is 0 Å². The summed E-state index contributed by atoms with van der Waals surface area (Å²) in [6.45, 7) is 12.9. The summed E-state index contributed by atoms with van der Waals surface area (Å²) in [7, 11) is -1.94. The second-order valence-corrected chi connectivity index (χ2v) is 15.5. The lowest BCUT2D eigenvalue weighted by Crippen LogP contribution is -2.41. The van der Waals surface area contributed by atoms with Gasteiger partial charge in [0, 0.05) is 24.0 Å².